The number of methoxy groups -OCH3 is 1. The van der Waals surface area contributed by atoms with Crippen LogP contribution < -0.4 is 0 Å². The Labute approximate surface area is 126 Å². The predicted molar refractivity (Wildman–Crippen MR) is 73.8 cm³/mol. The highest BCUT2D eigenvalue weighted by molar-refractivity contribution is 5.08. The van der Waals surface area contributed by atoms with Crippen LogP contribution in [0, 0.1) is 23.7 Å². The van der Waals surface area contributed by atoms with Crippen LogP contribution >= 0.6 is 0 Å². The maximum Gasteiger partial charge on any atom is 0.201 e. The molecule has 0 aromatic rings. The van der Waals surface area contributed by atoms with E-state index >= 15 is 0 Å². The molecule has 8 atom stereocenters. The molecule has 0 aromatic carbocycles. The lowest BCUT2D eigenvalue weighted by Gasteiger charge is -2.60. The second-order valence-electron chi connectivity index (χ2n) is 7.51. The van der Waals surface area contributed by atoms with Crippen molar-refractivity contribution >= 4 is 0 Å². The maximum atomic E-state index is 6.21. The molecular weight excluding hydrogens is 272 g/mol. The van der Waals surface area contributed by atoms with Gasteiger partial charge in [-0.1, -0.05) is 13.8 Å². The van der Waals surface area contributed by atoms with Crippen molar-refractivity contribution in [2.45, 2.75) is 70.4 Å². The highest BCUT2D eigenvalue weighted by Crippen LogP contribution is 2.60. The second kappa shape index (κ2) is 4.65. The normalized spacial score (nSPS) is 59.4. The van der Waals surface area contributed by atoms with E-state index in [9.17, 15) is 0 Å². The smallest absolute Gasteiger partial charge is 0.201 e. The fourth-order valence-electron chi connectivity index (χ4n) is 5.14. The van der Waals surface area contributed by atoms with Crippen LogP contribution in [-0.2, 0) is 24.0 Å². The first kappa shape index (κ1) is 14.4. The topological polar surface area (TPSA) is 46.2 Å². The quantitative estimate of drug-likeness (QED) is 0.697. The third-order valence-corrected chi connectivity index (χ3v) is 6.33. The summed E-state index contributed by atoms with van der Waals surface area (Å²) in [7, 11) is 1.70. The third-order valence-electron chi connectivity index (χ3n) is 6.33. The zero-order valence-electron chi connectivity index (χ0n) is 13.3. The molecule has 1 spiro atoms. The van der Waals surface area contributed by atoms with Crippen LogP contribution in [-0.4, -0.2) is 31.1 Å². The van der Waals surface area contributed by atoms with Gasteiger partial charge >= 0.3 is 0 Å². The van der Waals surface area contributed by atoms with Crippen LogP contribution in [0.25, 0.3) is 0 Å². The van der Waals surface area contributed by atoms with E-state index in [1.54, 1.807) is 7.11 Å². The molecule has 21 heavy (non-hydrogen) atoms. The lowest BCUT2D eigenvalue weighted by atomic mass is 9.58. The molecule has 1 aliphatic carbocycles. The van der Waals surface area contributed by atoms with Gasteiger partial charge in [-0.05, 0) is 38.0 Å². The monoisotopic (exact) mass is 298 g/mol. The van der Waals surface area contributed by atoms with E-state index in [1.807, 2.05) is 6.92 Å². The zero-order valence-corrected chi connectivity index (χ0v) is 13.3. The van der Waals surface area contributed by atoms with Crippen molar-refractivity contribution in [3.63, 3.8) is 0 Å². The molecule has 2 unspecified atom stereocenters. The van der Waals surface area contributed by atoms with Crippen LogP contribution in [0.2, 0.25) is 0 Å². The van der Waals surface area contributed by atoms with Gasteiger partial charge in [0.25, 0.3) is 0 Å². The maximum absolute atomic E-state index is 6.21. The first-order valence-corrected chi connectivity index (χ1v) is 8.23. The minimum Gasteiger partial charge on any atom is -0.355 e. The molecule has 0 aromatic heterocycles. The largest absolute Gasteiger partial charge is 0.355 e. The minimum absolute atomic E-state index is 0.230. The van der Waals surface area contributed by atoms with Crippen LogP contribution in [0.1, 0.15) is 46.5 Å². The van der Waals surface area contributed by atoms with Crippen LogP contribution in [0.3, 0.4) is 0 Å². The molecule has 0 N–H and O–H groups in total. The summed E-state index contributed by atoms with van der Waals surface area (Å²) in [6.07, 6.45) is 3.64. The predicted octanol–water partition coefficient (Wildman–Crippen LogP) is 2.84. The van der Waals surface area contributed by atoms with Gasteiger partial charge in [-0.3, -0.25) is 0 Å². The van der Waals surface area contributed by atoms with Gasteiger partial charge in [0, 0.05) is 25.4 Å². The van der Waals surface area contributed by atoms with Gasteiger partial charge in [-0.2, -0.15) is 0 Å². The summed E-state index contributed by atoms with van der Waals surface area (Å²) in [6.45, 7) is 6.46. The van der Waals surface area contributed by atoms with Gasteiger partial charge in [0.1, 0.15) is 0 Å². The van der Waals surface area contributed by atoms with E-state index in [-0.39, 0.29) is 12.2 Å². The minimum atomic E-state index is -0.698. The Balaban J connectivity index is 1.79. The molecule has 0 radical (unpaired) electrons. The van der Waals surface area contributed by atoms with Crippen molar-refractivity contribution in [2.24, 2.45) is 23.7 Å². The number of hydrogen-bond acceptors (Lipinski definition) is 5. The SMILES string of the molecule is CO[C@H]1O[C@@H]2O[C@]3(C)CCC4[C@H](C)CCC([C@H]1C)[C@]42OO3. The van der Waals surface area contributed by atoms with E-state index < -0.39 is 17.7 Å². The molecule has 4 aliphatic heterocycles. The average Bonchev–Trinajstić information content (AvgIpc) is 2.69. The highest BCUT2D eigenvalue weighted by atomic mass is 17.3. The Morgan fingerprint density at radius 3 is 2.62 bits per heavy atom. The standard InChI is InChI=1S/C16H26O5/c1-9-5-6-12-10(2)13(17-4)18-14-16(12)11(9)7-8-15(3,19-14)20-21-16/h9-14H,5-8H2,1-4H3/t9-,10-,11?,12?,13+,14-,15+,16-/m1/s1. The Bertz CT molecular complexity index is 429. The van der Waals surface area contributed by atoms with Crippen LogP contribution in [0.15, 0.2) is 0 Å². The lowest BCUT2D eigenvalue weighted by molar-refractivity contribution is -0.577. The fraction of sp³-hybridized carbons (Fsp3) is 1.00. The van der Waals surface area contributed by atoms with Gasteiger partial charge in [0.05, 0.1) is 0 Å². The lowest BCUT2D eigenvalue weighted by Crippen LogP contribution is -2.70. The summed E-state index contributed by atoms with van der Waals surface area (Å²) < 4.78 is 17.9. The van der Waals surface area contributed by atoms with E-state index in [4.69, 9.17) is 24.0 Å². The summed E-state index contributed by atoms with van der Waals surface area (Å²) in [6, 6.07) is 0. The van der Waals surface area contributed by atoms with Crippen molar-refractivity contribution in [1.82, 2.24) is 0 Å². The number of fused-ring (bicyclic) bond motifs is 2. The summed E-state index contributed by atoms with van der Waals surface area (Å²) >= 11 is 0. The summed E-state index contributed by atoms with van der Waals surface area (Å²) in [5.41, 5.74) is -0.470. The zero-order chi connectivity index (χ0) is 14.8. The van der Waals surface area contributed by atoms with Gasteiger partial charge < -0.3 is 14.2 Å². The van der Waals surface area contributed by atoms with E-state index in [0.717, 1.165) is 19.3 Å². The average molecular weight is 298 g/mol. The van der Waals surface area contributed by atoms with Gasteiger partial charge in [-0.25, -0.2) is 9.78 Å². The van der Waals surface area contributed by atoms with Crippen molar-refractivity contribution in [2.75, 3.05) is 7.11 Å². The number of ether oxygens (including phenoxy) is 3. The molecule has 4 heterocycles. The molecular formula is C16H26O5. The van der Waals surface area contributed by atoms with Crippen LogP contribution in [0.5, 0.6) is 0 Å². The Hall–Kier alpha value is -0.200. The van der Waals surface area contributed by atoms with Crippen molar-refractivity contribution in [1.29, 1.82) is 0 Å². The van der Waals surface area contributed by atoms with Crippen molar-refractivity contribution in [3.8, 4) is 0 Å². The first-order chi connectivity index (χ1) is 10.00. The first-order valence-electron chi connectivity index (χ1n) is 8.23. The molecule has 1 saturated carbocycles. The Morgan fingerprint density at radius 2 is 1.86 bits per heavy atom. The number of hydrogen-bond donors (Lipinski definition) is 0. The van der Waals surface area contributed by atoms with Crippen LogP contribution in [0.4, 0.5) is 0 Å². The third kappa shape index (κ3) is 1.81. The van der Waals surface area contributed by atoms with Gasteiger partial charge in [0.15, 0.2) is 18.2 Å². The molecule has 2 bridgehead atoms. The van der Waals surface area contributed by atoms with Crippen molar-refractivity contribution < 1.29 is 24.0 Å². The summed E-state index contributed by atoms with van der Waals surface area (Å²) in [5.74, 6) is 0.953. The molecule has 4 saturated heterocycles. The van der Waals surface area contributed by atoms with E-state index in [0.29, 0.717) is 17.8 Å². The van der Waals surface area contributed by atoms with Crippen molar-refractivity contribution in [3.05, 3.63) is 0 Å². The molecule has 120 valence electrons. The number of rotatable bonds is 1. The molecule has 5 aliphatic rings. The molecule has 0 amide bonds. The fourth-order valence-corrected chi connectivity index (χ4v) is 5.14. The summed E-state index contributed by atoms with van der Waals surface area (Å²) in [5, 5.41) is 0. The second-order valence-corrected chi connectivity index (χ2v) is 7.51. The van der Waals surface area contributed by atoms with Gasteiger partial charge in [0.2, 0.25) is 5.79 Å². The Kier molecular flexibility index (Phi) is 3.19. The molecule has 5 heteroatoms. The van der Waals surface area contributed by atoms with Gasteiger partial charge in [-0.15, -0.1) is 0 Å². The van der Waals surface area contributed by atoms with E-state index in [1.165, 1.54) is 6.42 Å². The molecule has 5 nitrogen and oxygen atoms in total. The molecule has 5 rings (SSSR count). The van der Waals surface area contributed by atoms with E-state index in [2.05, 4.69) is 13.8 Å². The summed E-state index contributed by atoms with van der Waals surface area (Å²) in [4.78, 5) is 11.8. The highest BCUT2D eigenvalue weighted by Gasteiger charge is 2.69. The Morgan fingerprint density at radius 1 is 1.05 bits per heavy atom. The molecule has 5 fully saturated rings.